The molecule has 3 aromatic rings. The molecule has 3 rings (SSSR count). The third-order valence-corrected chi connectivity index (χ3v) is 5.75. The summed E-state index contributed by atoms with van der Waals surface area (Å²) in [6.45, 7) is 1.86. The second kappa shape index (κ2) is 6.61. The van der Waals surface area contributed by atoms with Gasteiger partial charge in [0.15, 0.2) is 5.69 Å². The van der Waals surface area contributed by atoms with Crippen molar-refractivity contribution < 1.29 is 18.3 Å². The smallest absolute Gasteiger partial charge is 0.303 e. The Hall–Kier alpha value is -3.18. The summed E-state index contributed by atoms with van der Waals surface area (Å²) in [6, 6.07) is 9.88. The molecule has 1 N–H and O–H groups in total. The maximum absolute atomic E-state index is 13.0. The first-order valence-corrected chi connectivity index (χ1v) is 9.21. The second-order valence-corrected chi connectivity index (χ2v) is 7.64. The Morgan fingerprint density at radius 3 is 2.58 bits per heavy atom. The van der Waals surface area contributed by atoms with Gasteiger partial charge in [-0.15, -0.1) is 0 Å². The van der Waals surface area contributed by atoms with E-state index in [4.69, 9.17) is 5.11 Å². The predicted octanol–water partition coefficient (Wildman–Crippen LogP) is 2.47. The number of hydrogen-bond acceptors (Lipinski definition) is 5. The highest BCUT2D eigenvalue weighted by Gasteiger charge is 2.22. The van der Waals surface area contributed by atoms with E-state index in [1.165, 1.54) is 24.5 Å². The fraction of sp³-hybridized carbons (Fsp3) is 0.167. The molecule has 8 heteroatoms. The lowest BCUT2D eigenvalue weighted by Gasteiger charge is -2.10. The van der Waals surface area contributed by atoms with E-state index >= 15 is 0 Å². The van der Waals surface area contributed by atoms with Crippen molar-refractivity contribution in [3.05, 3.63) is 59.5 Å². The first-order valence-electron chi connectivity index (χ1n) is 7.77. The number of benzene rings is 1. The van der Waals surface area contributed by atoms with Crippen LogP contribution in [0.5, 0.6) is 0 Å². The zero-order valence-corrected chi connectivity index (χ0v) is 14.7. The SMILES string of the molecule is Cc1ccc(S(=O)(=O)n2ccc3c(CCC(=O)O)cnc(C#N)c32)cc1. The molecule has 1 aromatic carbocycles. The van der Waals surface area contributed by atoms with E-state index in [-0.39, 0.29) is 28.9 Å². The molecule has 2 heterocycles. The van der Waals surface area contributed by atoms with Crippen LogP contribution in [0, 0.1) is 18.3 Å². The van der Waals surface area contributed by atoms with Gasteiger partial charge >= 0.3 is 5.97 Å². The maximum atomic E-state index is 13.0. The van der Waals surface area contributed by atoms with Gasteiger partial charge < -0.3 is 5.11 Å². The molecule has 26 heavy (non-hydrogen) atoms. The number of aliphatic carboxylic acids is 1. The molecule has 7 nitrogen and oxygen atoms in total. The molecular weight excluding hydrogens is 354 g/mol. The monoisotopic (exact) mass is 369 g/mol. The molecule has 0 aliphatic carbocycles. The van der Waals surface area contributed by atoms with E-state index in [2.05, 4.69) is 4.98 Å². The van der Waals surface area contributed by atoms with Gasteiger partial charge in [0.05, 0.1) is 4.90 Å². The third-order valence-electron chi connectivity index (χ3n) is 4.06. The molecule has 0 aliphatic rings. The van der Waals surface area contributed by atoms with E-state index in [0.717, 1.165) is 9.54 Å². The number of aryl methyl sites for hydroxylation is 2. The topological polar surface area (TPSA) is 113 Å². The minimum Gasteiger partial charge on any atom is -0.481 e. The largest absolute Gasteiger partial charge is 0.481 e. The molecule has 2 aromatic heterocycles. The maximum Gasteiger partial charge on any atom is 0.303 e. The summed E-state index contributed by atoms with van der Waals surface area (Å²) in [6.07, 6.45) is 2.87. The van der Waals surface area contributed by atoms with Crippen molar-refractivity contribution in [2.45, 2.75) is 24.7 Å². The Labute approximate surface area is 150 Å². The van der Waals surface area contributed by atoms with E-state index in [1.54, 1.807) is 18.2 Å². The van der Waals surface area contributed by atoms with Gasteiger partial charge in [0.25, 0.3) is 10.0 Å². The van der Waals surface area contributed by atoms with Crippen LogP contribution in [0.2, 0.25) is 0 Å². The first-order chi connectivity index (χ1) is 12.3. The number of nitrogens with zero attached hydrogens (tertiary/aromatic N) is 3. The zero-order valence-electron chi connectivity index (χ0n) is 13.9. The van der Waals surface area contributed by atoms with Crippen LogP contribution in [0.4, 0.5) is 0 Å². The van der Waals surface area contributed by atoms with Crippen LogP contribution in [-0.2, 0) is 21.2 Å². The standard InChI is InChI=1S/C18H15N3O4S/c1-12-2-5-14(6-3-12)26(24,25)21-9-8-15-13(4-7-17(22)23)11-20-16(10-19)18(15)21/h2-3,5-6,8-9,11H,4,7H2,1H3,(H,22,23). The number of fused-ring (bicyclic) bond motifs is 1. The summed E-state index contributed by atoms with van der Waals surface area (Å²) in [5.41, 5.74) is 1.65. The van der Waals surface area contributed by atoms with Crippen molar-refractivity contribution in [3.8, 4) is 6.07 Å². The van der Waals surface area contributed by atoms with Crippen LogP contribution >= 0.6 is 0 Å². The lowest BCUT2D eigenvalue weighted by atomic mass is 10.1. The third kappa shape index (κ3) is 3.05. The van der Waals surface area contributed by atoms with Gasteiger partial charge in [0.2, 0.25) is 0 Å². The Kier molecular flexibility index (Phi) is 4.49. The average molecular weight is 369 g/mol. The average Bonchev–Trinajstić information content (AvgIpc) is 3.06. The number of nitriles is 1. The molecule has 0 bridgehead atoms. The van der Waals surface area contributed by atoms with Gasteiger partial charge in [-0.25, -0.2) is 17.4 Å². The lowest BCUT2D eigenvalue weighted by molar-refractivity contribution is -0.136. The molecule has 0 saturated carbocycles. The van der Waals surface area contributed by atoms with Crippen molar-refractivity contribution in [1.29, 1.82) is 5.26 Å². The van der Waals surface area contributed by atoms with Gasteiger partial charge in [0.1, 0.15) is 11.6 Å². The van der Waals surface area contributed by atoms with Crippen LogP contribution in [0.1, 0.15) is 23.2 Å². The van der Waals surface area contributed by atoms with Gasteiger partial charge in [-0.1, -0.05) is 17.7 Å². The molecule has 0 unspecified atom stereocenters. The summed E-state index contributed by atoms with van der Waals surface area (Å²) in [5, 5.41) is 18.7. The summed E-state index contributed by atoms with van der Waals surface area (Å²) in [5.74, 6) is -0.964. The Morgan fingerprint density at radius 2 is 1.96 bits per heavy atom. The van der Waals surface area contributed by atoms with Gasteiger partial charge in [-0.3, -0.25) is 4.79 Å². The number of carbonyl (C=O) groups is 1. The van der Waals surface area contributed by atoms with Crippen LogP contribution in [0.25, 0.3) is 10.9 Å². The number of aromatic nitrogens is 2. The normalized spacial score (nSPS) is 11.4. The van der Waals surface area contributed by atoms with Crippen LogP contribution < -0.4 is 0 Å². The molecule has 0 radical (unpaired) electrons. The van der Waals surface area contributed by atoms with Gasteiger partial charge in [-0.2, -0.15) is 5.26 Å². The highest BCUT2D eigenvalue weighted by Crippen LogP contribution is 2.27. The summed E-state index contributed by atoms with van der Waals surface area (Å²) in [4.78, 5) is 15.0. The number of carboxylic acid groups (broad SMARTS) is 1. The van der Waals surface area contributed by atoms with Crippen molar-refractivity contribution in [2.24, 2.45) is 0 Å². The van der Waals surface area contributed by atoms with E-state index in [9.17, 15) is 18.5 Å². The summed E-state index contributed by atoms with van der Waals surface area (Å²) in [7, 11) is -3.91. The van der Waals surface area contributed by atoms with E-state index < -0.39 is 16.0 Å². The second-order valence-electron chi connectivity index (χ2n) is 5.83. The van der Waals surface area contributed by atoms with Crippen molar-refractivity contribution in [3.63, 3.8) is 0 Å². The van der Waals surface area contributed by atoms with Crippen LogP contribution in [0.3, 0.4) is 0 Å². The molecule has 0 saturated heterocycles. The van der Waals surface area contributed by atoms with Gasteiger partial charge in [-0.05, 0) is 37.1 Å². The van der Waals surface area contributed by atoms with Crippen molar-refractivity contribution >= 4 is 26.9 Å². The minimum atomic E-state index is -3.91. The van der Waals surface area contributed by atoms with Crippen LogP contribution in [0.15, 0.2) is 47.6 Å². The highest BCUT2D eigenvalue weighted by atomic mass is 32.2. The molecule has 0 spiro atoms. The molecular formula is C18H15N3O4S. The Morgan fingerprint density at radius 1 is 1.27 bits per heavy atom. The van der Waals surface area contributed by atoms with Crippen molar-refractivity contribution in [2.75, 3.05) is 0 Å². The fourth-order valence-electron chi connectivity index (χ4n) is 2.73. The Bertz CT molecular complexity index is 1140. The summed E-state index contributed by atoms with van der Waals surface area (Å²) >= 11 is 0. The fourth-order valence-corrected chi connectivity index (χ4v) is 4.08. The highest BCUT2D eigenvalue weighted by molar-refractivity contribution is 7.90. The summed E-state index contributed by atoms with van der Waals surface area (Å²) < 4.78 is 27.0. The Balaban J connectivity index is 2.21. The van der Waals surface area contributed by atoms with Crippen LogP contribution in [-0.4, -0.2) is 28.5 Å². The van der Waals surface area contributed by atoms with E-state index in [0.29, 0.717) is 10.9 Å². The van der Waals surface area contributed by atoms with E-state index in [1.807, 2.05) is 13.0 Å². The quantitative estimate of drug-likeness (QED) is 0.739. The number of carboxylic acids is 1. The number of hydrogen-bond donors (Lipinski definition) is 1. The first kappa shape index (κ1) is 17.6. The molecule has 0 fully saturated rings. The molecule has 132 valence electrons. The number of pyridine rings is 1. The molecule has 0 atom stereocenters. The lowest BCUT2D eigenvalue weighted by Crippen LogP contribution is -2.13. The molecule has 0 aliphatic heterocycles. The van der Waals surface area contributed by atoms with Gasteiger partial charge in [0, 0.05) is 24.2 Å². The minimum absolute atomic E-state index is 0.0280. The van der Waals surface area contributed by atoms with Crippen molar-refractivity contribution in [1.82, 2.24) is 8.96 Å². The number of rotatable bonds is 5. The predicted molar refractivity (Wildman–Crippen MR) is 94.2 cm³/mol. The zero-order chi connectivity index (χ0) is 18.9. The molecule has 0 amide bonds.